The zero-order valence-corrected chi connectivity index (χ0v) is 18.5. The number of hydrogen-bond acceptors (Lipinski definition) is 3. The molecule has 4 heteroatoms. The molecule has 1 N–H and O–H groups in total. The first-order valence-electron chi connectivity index (χ1n) is 10.1. The lowest BCUT2D eigenvalue weighted by Crippen LogP contribution is -2.18. The Balaban J connectivity index is 2.65. The van der Waals surface area contributed by atoms with Crippen LogP contribution in [0.25, 0.3) is 11.3 Å². The van der Waals surface area contributed by atoms with Crippen molar-refractivity contribution in [3.8, 4) is 11.3 Å². The van der Waals surface area contributed by atoms with Crippen molar-refractivity contribution in [1.29, 1.82) is 0 Å². The normalized spacial score (nSPS) is 12.9. The van der Waals surface area contributed by atoms with Gasteiger partial charge in [0.05, 0.1) is 16.4 Å². The van der Waals surface area contributed by atoms with E-state index in [1.165, 1.54) is 11.1 Å². The van der Waals surface area contributed by atoms with E-state index in [1.54, 1.807) is 6.20 Å². The highest BCUT2D eigenvalue weighted by atomic mass is 35.5. The summed E-state index contributed by atoms with van der Waals surface area (Å²) in [6, 6.07) is 4.27. The van der Waals surface area contributed by atoms with Crippen LogP contribution in [0.2, 0.25) is 5.02 Å². The average molecular weight is 398 g/mol. The molecule has 2 atom stereocenters. The molecule has 0 aromatic carbocycles. The molecule has 28 heavy (non-hydrogen) atoms. The van der Waals surface area contributed by atoms with E-state index in [0.29, 0.717) is 16.9 Å². The second-order valence-electron chi connectivity index (χ2n) is 7.42. The summed E-state index contributed by atoms with van der Waals surface area (Å²) in [6.07, 6.45) is 6.84. The Labute approximate surface area is 175 Å². The summed E-state index contributed by atoms with van der Waals surface area (Å²) < 4.78 is 0. The largest absolute Gasteiger partial charge is 0.384 e. The summed E-state index contributed by atoms with van der Waals surface area (Å²) in [5.41, 5.74) is 9.24. The second-order valence-corrected chi connectivity index (χ2v) is 7.80. The molecule has 150 valence electrons. The average Bonchev–Trinajstić information content (AvgIpc) is 2.69. The van der Waals surface area contributed by atoms with Crippen LogP contribution in [0.5, 0.6) is 0 Å². The first-order chi connectivity index (χ1) is 13.4. The minimum Gasteiger partial charge on any atom is -0.384 e. The molecule has 0 aliphatic heterocycles. The molecular formula is C24H32ClN3. The van der Waals surface area contributed by atoms with E-state index in [-0.39, 0.29) is 0 Å². The van der Waals surface area contributed by atoms with Crippen LogP contribution in [0.3, 0.4) is 0 Å². The molecule has 0 fully saturated rings. The Bertz CT molecular complexity index is 853. The third kappa shape index (κ3) is 5.04. The highest BCUT2D eigenvalue weighted by Crippen LogP contribution is 2.36. The molecule has 0 aliphatic carbocycles. The van der Waals surface area contributed by atoms with E-state index in [0.717, 1.165) is 48.5 Å². The first kappa shape index (κ1) is 22.2. The lowest BCUT2D eigenvalue weighted by atomic mass is 9.88. The van der Waals surface area contributed by atoms with Crippen LogP contribution in [0, 0.1) is 13.8 Å². The maximum Gasteiger partial charge on any atom is 0.0753 e. The van der Waals surface area contributed by atoms with E-state index in [9.17, 15) is 0 Å². The van der Waals surface area contributed by atoms with Crippen molar-refractivity contribution < 1.29 is 0 Å². The molecule has 0 bridgehead atoms. The van der Waals surface area contributed by atoms with Gasteiger partial charge in [-0.25, -0.2) is 0 Å². The smallest absolute Gasteiger partial charge is 0.0753 e. The monoisotopic (exact) mass is 397 g/mol. The molecule has 0 spiro atoms. The predicted molar refractivity (Wildman–Crippen MR) is 120 cm³/mol. The van der Waals surface area contributed by atoms with Crippen LogP contribution < -0.4 is 5.32 Å². The van der Waals surface area contributed by atoms with E-state index in [1.807, 2.05) is 19.2 Å². The summed E-state index contributed by atoms with van der Waals surface area (Å²) in [6.45, 7) is 15.3. The second kappa shape index (κ2) is 10.5. The Morgan fingerprint density at radius 3 is 2.71 bits per heavy atom. The third-order valence-corrected chi connectivity index (χ3v) is 5.90. The summed E-state index contributed by atoms with van der Waals surface area (Å²) >= 11 is 6.63. The standard InChI is InChI=1S/C24H32ClN3/c1-7-10-19(15-26-12-8-2)22-14-21(16(4)9-3)17(5)24(28-22)20-11-13-27-18(6)23(20)25/h11-14,16,19,26H,2,7,9-10,15H2,1,3-6H3. The number of aromatic nitrogens is 2. The lowest BCUT2D eigenvalue weighted by molar-refractivity contribution is 0.572. The number of pyridine rings is 2. The maximum atomic E-state index is 6.63. The van der Waals surface area contributed by atoms with E-state index in [2.05, 4.69) is 56.4 Å². The highest BCUT2D eigenvalue weighted by Gasteiger charge is 2.21. The predicted octanol–water partition coefficient (Wildman–Crippen LogP) is 6.70. The number of aryl methyl sites for hydroxylation is 1. The molecule has 2 aromatic rings. The molecule has 2 rings (SSSR count). The SMILES string of the molecule is C=C=CNCC(CCC)c1cc(C(C)CC)c(C)c(-c2ccnc(C)c2Cl)n1. The van der Waals surface area contributed by atoms with Crippen molar-refractivity contribution in [3.63, 3.8) is 0 Å². The van der Waals surface area contributed by atoms with Gasteiger partial charge < -0.3 is 5.32 Å². The van der Waals surface area contributed by atoms with Gasteiger partial charge in [0, 0.05) is 36.1 Å². The molecular weight excluding hydrogens is 366 g/mol. The van der Waals surface area contributed by atoms with Crippen molar-refractivity contribution in [2.24, 2.45) is 0 Å². The fourth-order valence-electron chi connectivity index (χ4n) is 3.56. The highest BCUT2D eigenvalue weighted by molar-refractivity contribution is 6.33. The van der Waals surface area contributed by atoms with E-state index < -0.39 is 0 Å². The summed E-state index contributed by atoms with van der Waals surface area (Å²) in [7, 11) is 0. The topological polar surface area (TPSA) is 37.8 Å². The molecule has 0 saturated heterocycles. The van der Waals surface area contributed by atoms with Gasteiger partial charge in [0.1, 0.15) is 0 Å². The van der Waals surface area contributed by atoms with Crippen molar-refractivity contribution in [3.05, 3.63) is 64.4 Å². The van der Waals surface area contributed by atoms with Crippen molar-refractivity contribution in [1.82, 2.24) is 15.3 Å². The number of rotatable bonds is 9. The van der Waals surface area contributed by atoms with Gasteiger partial charge in [0.25, 0.3) is 0 Å². The van der Waals surface area contributed by atoms with E-state index in [4.69, 9.17) is 16.6 Å². The fourth-order valence-corrected chi connectivity index (χ4v) is 3.76. The minimum absolute atomic E-state index is 0.318. The molecule has 3 nitrogen and oxygen atoms in total. The summed E-state index contributed by atoms with van der Waals surface area (Å²) in [5, 5.41) is 3.99. The van der Waals surface area contributed by atoms with Crippen molar-refractivity contribution >= 4 is 11.6 Å². The molecule has 2 heterocycles. The van der Waals surface area contributed by atoms with Gasteiger partial charge >= 0.3 is 0 Å². The van der Waals surface area contributed by atoms with Gasteiger partial charge in [0.15, 0.2) is 0 Å². The van der Waals surface area contributed by atoms with Crippen LogP contribution >= 0.6 is 11.6 Å². The number of hydrogen-bond donors (Lipinski definition) is 1. The number of halogens is 1. The Morgan fingerprint density at radius 2 is 2.07 bits per heavy atom. The molecule has 0 radical (unpaired) electrons. The number of nitrogens with one attached hydrogen (secondary N) is 1. The van der Waals surface area contributed by atoms with Crippen LogP contribution in [-0.4, -0.2) is 16.5 Å². The molecule has 0 saturated carbocycles. The van der Waals surface area contributed by atoms with Gasteiger partial charge in [-0.05, 0) is 55.9 Å². The zero-order chi connectivity index (χ0) is 20.7. The van der Waals surface area contributed by atoms with Crippen molar-refractivity contribution in [2.75, 3.05) is 6.54 Å². The quantitative estimate of drug-likeness (QED) is 0.478. The Kier molecular flexibility index (Phi) is 8.29. The van der Waals surface area contributed by atoms with Gasteiger partial charge in [0.2, 0.25) is 0 Å². The van der Waals surface area contributed by atoms with Crippen LogP contribution in [-0.2, 0) is 0 Å². The fraction of sp³-hybridized carbons (Fsp3) is 0.458. The van der Waals surface area contributed by atoms with Crippen LogP contribution in [0.1, 0.15) is 74.4 Å². The molecule has 0 aliphatic rings. The van der Waals surface area contributed by atoms with Gasteiger partial charge in [-0.1, -0.05) is 45.4 Å². The third-order valence-electron chi connectivity index (χ3n) is 5.42. The van der Waals surface area contributed by atoms with E-state index >= 15 is 0 Å². The van der Waals surface area contributed by atoms with Gasteiger partial charge in [-0.3, -0.25) is 9.97 Å². The van der Waals surface area contributed by atoms with Crippen LogP contribution in [0.15, 0.2) is 36.8 Å². The molecule has 2 unspecified atom stereocenters. The summed E-state index contributed by atoms with van der Waals surface area (Å²) in [5.74, 6) is 0.781. The molecule has 2 aromatic heterocycles. The van der Waals surface area contributed by atoms with Gasteiger partial charge in [-0.15, -0.1) is 5.73 Å². The first-order valence-corrected chi connectivity index (χ1v) is 10.5. The van der Waals surface area contributed by atoms with Crippen LogP contribution in [0.4, 0.5) is 0 Å². The summed E-state index contributed by atoms with van der Waals surface area (Å²) in [4.78, 5) is 9.44. The maximum absolute atomic E-state index is 6.63. The Hall–Kier alpha value is -2.09. The zero-order valence-electron chi connectivity index (χ0n) is 17.8. The Morgan fingerprint density at radius 1 is 1.32 bits per heavy atom. The van der Waals surface area contributed by atoms with Gasteiger partial charge in [-0.2, -0.15) is 0 Å². The lowest BCUT2D eigenvalue weighted by Gasteiger charge is -2.22. The molecule has 0 amide bonds. The van der Waals surface area contributed by atoms with Crippen molar-refractivity contribution in [2.45, 2.75) is 65.7 Å². The minimum atomic E-state index is 0.318. The number of nitrogens with zero attached hydrogens (tertiary/aromatic N) is 2.